The highest BCUT2D eigenvalue weighted by Crippen LogP contribution is 2.26. The average molecular weight is 336 g/mol. The number of morpholine rings is 1. The van der Waals surface area contributed by atoms with Crippen LogP contribution in [0.25, 0.3) is 0 Å². The maximum atomic E-state index is 13.1. The van der Waals surface area contributed by atoms with Crippen LogP contribution in [0.2, 0.25) is 0 Å². The molecular weight excluding hydrogens is 311 g/mol. The van der Waals surface area contributed by atoms with E-state index >= 15 is 0 Å². The van der Waals surface area contributed by atoms with Gasteiger partial charge in [-0.15, -0.1) is 0 Å². The van der Waals surface area contributed by atoms with Crippen LogP contribution >= 0.6 is 0 Å². The molecule has 0 bridgehead atoms. The third-order valence-electron chi connectivity index (χ3n) is 4.81. The molecule has 2 N–H and O–H groups in total. The van der Waals surface area contributed by atoms with E-state index in [1.165, 1.54) is 12.1 Å². The summed E-state index contributed by atoms with van der Waals surface area (Å²) in [6, 6.07) is 6.28. The van der Waals surface area contributed by atoms with Crippen molar-refractivity contribution < 1.29 is 19.0 Å². The predicted octanol–water partition coefficient (Wildman–Crippen LogP) is 2.60. The molecule has 1 aromatic rings. The highest BCUT2D eigenvalue weighted by molar-refractivity contribution is 5.74. The summed E-state index contributed by atoms with van der Waals surface area (Å²) in [5.74, 6) is -0.281. The molecule has 2 atom stereocenters. The van der Waals surface area contributed by atoms with Gasteiger partial charge in [0, 0.05) is 12.6 Å². The quantitative estimate of drug-likeness (QED) is 0.873. The Labute approximate surface area is 141 Å². The lowest BCUT2D eigenvalue weighted by atomic mass is 9.93. The summed E-state index contributed by atoms with van der Waals surface area (Å²) in [5.41, 5.74) is 0.876. The van der Waals surface area contributed by atoms with Crippen molar-refractivity contribution in [3.05, 3.63) is 35.6 Å². The monoisotopic (exact) mass is 336 g/mol. The Hall–Kier alpha value is -1.66. The number of amides is 2. The molecule has 132 valence electrons. The minimum Gasteiger partial charge on any atom is -0.393 e. The number of hydrogen-bond acceptors (Lipinski definition) is 3. The Morgan fingerprint density at radius 3 is 2.54 bits per heavy atom. The summed E-state index contributed by atoms with van der Waals surface area (Å²) in [7, 11) is 0. The molecule has 1 aliphatic heterocycles. The fraction of sp³-hybridized carbons (Fsp3) is 0.611. The molecule has 24 heavy (non-hydrogen) atoms. The second-order valence-corrected chi connectivity index (χ2v) is 6.85. The van der Waals surface area contributed by atoms with Crippen LogP contribution < -0.4 is 5.32 Å². The summed E-state index contributed by atoms with van der Waals surface area (Å²) in [5, 5.41) is 12.6. The number of nitrogens with zero attached hydrogens (tertiary/aromatic N) is 1. The number of halogens is 1. The van der Waals surface area contributed by atoms with Crippen molar-refractivity contribution in [2.24, 2.45) is 0 Å². The summed E-state index contributed by atoms with van der Waals surface area (Å²) in [6.45, 7) is 2.93. The highest BCUT2D eigenvalue weighted by Gasteiger charge is 2.31. The third kappa shape index (κ3) is 4.24. The first-order valence-corrected chi connectivity index (χ1v) is 8.65. The molecule has 1 aromatic carbocycles. The van der Waals surface area contributed by atoms with Crippen LogP contribution in [0.4, 0.5) is 9.18 Å². The molecule has 2 unspecified atom stereocenters. The number of urea groups is 1. The summed E-state index contributed by atoms with van der Waals surface area (Å²) < 4.78 is 19.0. The van der Waals surface area contributed by atoms with Crippen molar-refractivity contribution >= 4 is 6.03 Å². The first-order valence-electron chi connectivity index (χ1n) is 8.65. The van der Waals surface area contributed by atoms with Crippen LogP contribution in [-0.2, 0) is 4.74 Å². The molecule has 5 nitrogen and oxygen atoms in total. The Kier molecular flexibility index (Phi) is 5.36. The largest absolute Gasteiger partial charge is 0.393 e. The lowest BCUT2D eigenvalue weighted by Gasteiger charge is -2.38. The molecule has 2 aliphatic rings. The van der Waals surface area contributed by atoms with Crippen LogP contribution in [0.3, 0.4) is 0 Å². The predicted molar refractivity (Wildman–Crippen MR) is 88.1 cm³/mol. The molecule has 2 fully saturated rings. The average Bonchev–Trinajstić information content (AvgIpc) is 2.57. The van der Waals surface area contributed by atoms with Crippen LogP contribution in [0.5, 0.6) is 0 Å². The lowest BCUT2D eigenvalue weighted by molar-refractivity contribution is -0.0660. The standard InChI is InChI=1S/C18H25FN2O3/c1-12-10-21(18(23)20-15-6-8-16(22)9-7-15)11-17(24-12)13-2-4-14(19)5-3-13/h2-5,12,15-17,22H,6-11H2,1H3,(H,20,23). The molecule has 0 spiro atoms. The second kappa shape index (κ2) is 7.49. The third-order valence-corrected chi connectivity index (χ3v) is 4.81. The number of carbonyl (C=O) groups is 1. The van der Waals surface area contributed by atoms with Gasteiger partial charge in [-0.25, -0.2) is 9.18 Å². The number of carbonyl (C=O) groups excluding carboxylic acids is 1. The van der Waals surface area contributed by atoms with Gasteiger partial charge in [-0.2, -0.15) is 0 Å². The molecule has 0 radical (unpaired) electrons. The number of rotatable bonds is 2. The van der Waals surface area contributed by atoms with Gasteiger partial charge in [-0.3, -0.25) is 0 Å². The summed E-state index contributed by atoms with van der Waals surface area (Å²) >= 11 is 0. The van der Waals surface area contributed by atoms with E-state index in [0.29, 0.717) is 13.1 Å². The van der Waals surface area contributed by atoms with Crippen LogP contribution in [0.1, 0.15) is 44.3 Å². The van der Waals surface area contributed by atoms with E-state index in [1.807, 2.05) is 6.92 Å². The number of benzene rings is 1. The zero-order chi connectivity index (χ0) is 17.1. The van der Waals surface area contributed by atoms with E-state index in [1.54, 1.807) is 17.0 Å². The van der Waals surface area contributed by atoms with Crippen molar-refractivity contribution in [3.63, 3.8) is 0 Å². The SMILES string of the molecule is CC1CN(C(=O)NC2CCC(O)CC2)CC(c2ccc(F)cc2)O1. The Morgan fingerprint density at radius 1 is 1.21 bits per heavy atom. The Balaban J connectivity index is 1.60. The molecule has 1 saturated heterocycles. The minimum absolute atomic E-state index is 0.0762. The zero-order valence-electron chi connectivity index (χ0n) is 14.0. The maximum Gasteiger partial charge on any atom is 0.317 e. The lowest BCUT2D eigenvalue weighted by Crippen LogP contribution is -2.52. The van der Waals surface area contributed by atoms with Gasteiger partial charge in [0.25, 0.3) is 0 Å². The van der Waals surface area contributed by atoms with Gasteiger partial charge in [0.15, 0.2) is 0 Å². The molecule has 3 rings (SSSR count). The molecular formula is C18H25FN2O3. The molecule has 6 heteroatoms. The van der Waals surface area contributed by atoms with Gasteiger partial charge < -0.3 is 20.1 Å². The number of hydrogen-bond donors (Lipinski definition) is 2. The maximum absolute atomic E-state index is 13.1. The van der Waals surface area contributed by atoms with E-state index in [-0.39, 0.29) is 36.2 Å². The Morgan fingerprint density at radius 2 is 1.88 bits per heavy atom. The van der Waals surface area contributed by atoms with E-state index in [0.717, 1.165) is 31.2 Å². The fourth-order valence-electron chi connectivity index (χ4n) is 3.46. The van der Waals surface area contributed by atoms with Crippen LogP contribution in [0.15, 0.2) is 24.3 Å². The molecule has 2 amide bonds. The van der Waals surface area contributed by atoms with Gasteiger partial charge in [0.2, 0.25) is 0 Å². The highest BCUT2D eigenvalue weighted by atomic mass is 19.1. The molecule has 1 heterocycles. The first-order chi connectivity index (χ1) is 11.5. The molecule has 1 saturated carbocycles. The summed E-state index contributed by atoms with van der Waals surface area (Å²) in [6.07, 6.45) is 2.55. The van der Waals surface area contributed by atoms with Crippen LogP contribution in [0, 0.1) is 5.82 Å². The topological polar surface area (TPSA) is 61.8 Å². The van der Waals surface area contributed by atoms with E-state index in [9.17, 15) is 14.3 Å². The van der Waals surface area contributed by atoms with Gasteiger partial charge in [0.05, 0.1) is 18.8 Å². The van der Waals surface area contributed by atoms with Gasteiger partial charge in [0.1, 0.15) is 11.9 Å². The van der Waals surface area contributed by atoms with Crippen LogP contribution in [-0.4, -0.2) is 47.4 Å². The second-order valence-electron chi connectivity index (χ2n) is 6.85. The Bertz CT molecular complexity index is 558. The molecule has 1 aliphatic carbocycles. The number of nitrogens with one attached hydrogen (secondary N) is 1. The van der Waals surface area contributed by atoms with Gasteiger partial charge in [-0.1, -0.05) is 12.1 Å². The number of aliphatic hydroxyl groups is 1. The van der Waals surface area contributed by atoms with Crippen molar-refractivity contribution in [2.75, 3.05) is 13.1 Å². The fourth-order valence-corrected chi connectivity index (χ4v) is 3.46. The van der Waals surface area contributed by atoms with Gasteiger partial charge >= 0.3 is 6.03 Å². The number of aliphatic hydroxyl groups excluding tert-OH is 1. The minimum atomic E-state index is -0.281. The smallest absolute Gasteiger partial charge is 0.317 e. The van der Waals surface area contributed by atoms with Crippen molar-refractivity contribution in [1.29, 1.82) is 0 Å². The van der Waals surface area contributed by atoms with Gasteiger partial charge in [-0.05, 0) is 50.3 Å². The summed E-state index contributed by atoms with van der Waals surface area (Å²) in [4.78, 5) is 14.3. The molecule has 0 aromatic heterocycles. The van der Waals surface area contributed by atoms with E-state index < -0.39 is 0 Å². The van der Waals surface area contributed by atoms with Crippen molar-refractivity contribution in [1.82, 2.24) is 10.2 Å². The van der Waals surface area contributed by atoms with E-state index in [4.69, 9.17) is 4.74 Å². The van der Waals surface area contributed by atoms with E-state index in [2.05, 4.69) is 5.32 Å². The first kappa shape index (κ1) is 17.2. The van der Waals surface area contributed by atoms with Crippen molar-refractivity contribution in [2.45, 2.75) is 57.0 Å². The number of ether oxygens (including phenoxy) is 1. The zero-order valence-corrected chi connectivity index (χ0v) is 14.0. The van der Waals surface area contributed by atoms with Crippen molar-refractivity contribution in [3.8, 4) is 0 Å². The normalized spacial score (nSPS) is 30.9.